The van der Waals surface area contributed by atoms with Crippen LogP contribution in [0.1, 0.15) is 11.3 Å². The Hall–Kier alpha value is -0.770. The molecule has 3 nitrogen and oxygen atoms in total. The van der Waals surface area contributed by atoms with E-state index in [1.54, 1.807) is 0 Å². The number of rotatable bonds is 0. The van der Waals surface area contributed by atoms with Gasteiger partial charge < -0.3 is 10.7 Å². The summed E-state index contributed by atoms with van der Waals surface area (Å²) in [5.41, 5.74) is 7.14. The van der Waals surface area contributed by atoms with Gasteiger partial charge in [-0.15, -0.1) is 0 Å². The summed E-state index contributed by atoms with van der Waals surface area (Å²) in [6, 6.07) is 0. The summed E-state index contributed by atoms with van der Waals surface area (Å²) in [5.74, 6) is 0. The minimum absolute atomic E-state index is 0.219. The van der Waals surface area contributed by atoms with Crippen molar-refractivity contribution in [2.45, 2.75) is 13.8 Å². The molecule has 1 aromatic rings. The Morgan fingerprint density at radius 2 is 2.00 bits per heavy atom. The van der Waals surface area contributed by atoms with Crippen molar-refractivity contribution in [3.05, 3.63) is 26.1 Å². The second-order valence-electron chi connectivity index (χ2n) is 2.43. The lowest BCUT2D eigenvalue weighted by atomic mass is 10.2. The number of hydrogen-bond acceptors (Lipinski definition) is 2. The molecule has 0 unspecified atom stereocenters. The van der Waals surface area contributed by atoms with Gasteiger partial charge in [-0.1, -0.05) is 0 Å². The summed E-state index contributed by atoms with van der Waals surface area (Å²) in [5, 5.41) is 0. The van der Waals surface area contributed by atoms with Crippen molar-refractivity contribution in [3.8, 4) is 0 Å². The highest BCUT2D eigenvalue weighted by Gasteiger charge is 2.05. The van der Waals surface area contributed by atoms with E-state index in [0.29, 0.717) is 0 Å². The molecule has 0 amide bonds. The van der Waals surface area contributed by atoms with Crippen molar-refractivity contribution in [1.82, 2.24) is 4.98 Å². The number of nitrogen functional groups attached to an aromatic ring is 1. The van der Waals surface area contributed by atoms with Crippen LogP contribution in [0.5, 0.6) is 0 Å². The molecule has 3 N–H and O–H groups in total. The van der Waals surface area contributed by atoms with E-state index < -0.39 is 0 Å². The van der Waals surface area contributed by atoms with Crippen molar-refractivity contribution in [2.75, 3.05) is 5.73 Å². The zero-order valence-electron chi connectivity index (χ0n) is 6.36. The van der Waals surface area contributed by atoms with Crippen molar-refractivity contribution in [2.24, 2.45) is 0 Å². The minimum atomic E-state index is -0.219. The molecule has 1 rings (SSSR count). The van der Waals surface area contributed by atoms with Crippen LogP contribution in [0.25, 0.3) is 0 Å². The molecule has 0 fully saturated rings. The maximum absolute atomic E-state index is 11.0. The van der Waals surface area contributed by atoms with Crippen molar-refractivity contribution >= 4 is 21.6 Å². The van der Waals surface area contributed by atoms with E-state index in [9.17, 15) is 4.79 Å². The molecular formula is C7H9BrN2O. The third-order valence-electron chi connectivity index (χ3n) is 1.61. The highest BCUT2D eigenvalue weighted by Crippen LogP contribution is 2.20. The third kappa shape index (κ3) is 1.30. The number of aromatic amines is 1. The Balaban J connectivity index is 3.59. The standard InChI is InChI=1S/C7H9BrN2O/c1-3-5(8)4(2)10-7(11)6(3)9/h9H2,1-2H3,(H,10,11). The summed E-state index contributed by atoms with van der Waals surface area (Å²) in [4.78, 5) is 13.6. The first kappa shape index (κ1) is 8.33. The number of halogens is 1. The molecule has 11 heavy (non-hydrogen) atoms. The maximum Gasteiger partial charge on any atom is 0.271 e. The highest BCUT2D eigenvalue weighted by molar-refractivity contribution is 9.10. The molecule has 0 bridgehead atoms. The molecule has 0 saturated heterocycles. The van der Waals surface area contributed by atoms with Crippen LogP contribution >= 0.6 is 15.9 Å². The zero-order valence-corrected chi connectivity index (χ0v) is 7.95. The number of hydrogen-bond donors (Lipinski definition) is 2. The van der Waals surface area contributed by atoms with Gasteiger partial charge in [-0.25, -0.2) is 0 Å². The number of nitrogens with one attached hydrogen (secondary N) is 1. The molecule has 0 radical (unpaired) electrons. The van der Waals surface area contributed by atoms with Gasteiger partial charge >= 0.3 is 0 Å². The van der Waals surface area contributed by atoms with Gasteiger partial charge in [-0.2, -0.15) is 0 Å². The predicted octanol–water partition coefficient (Wildman–Crippen LogP) is 1.34. The number of pyridine rings is 1. The molecule has 60 valence electrons. The quantitative estimate of drug-likeness (QED) is 0.688. The molecule has 0 aliphatic rings. The van der Waals surface area contributed by atoms with Gasteiger partial charge in [0.15, 0.2) is 0 Å². The molecular weight excluding hydrogens is 208 g/mol. The summed E-state index contributed by atoms with van der Waals surface area (Å²) in [6.07, 6.45) is 0. The van der Waals surface area contributed by atoms with E-state index in [4.69, 9.17) is 5.73 Å². The fourth-order valence-corrected chi connectivity index (χ4v) is 1.17. The molecule has 0 spiro atoms. The molecule has 1 heterocycles. The first-order valence-corrected chi connectivity index (χ1v) is 3.97. The normalized spacial score (nSPS) is 10.1. The number of nitrogens with two attached hydrogens (primary N) is 1. The second kappa shape index (κ2) is 2.70. The van der Waals surface area contributed by atoms with Crippen LogP contribution in [0, 0.1) is 13.8 Å². The van der Waals surface area contributed by atoms with Gasteiger partial charge in [0, 0.05) is 10.2 Å². The van der Waals surface area contributed by atoms with Crippen LogP contribution in [-0.4, -0.2) is 4.98 Å². The van der Waals surface area contributed by atoms with E-state index in [2.05, 4.69) is 20.9 Å². The molecule has 4 heteroatoms. The molecule has 1 aromatic heterocycles. The fraction of sp³-hybridized carbons (Fsp3) is 0.286. The Bertz CT molecular complexity index is 343. The molecule has 0 atom stereocenters. The van der Waals surface area contributed by atoms with E-state index >= 15 is 0 Å². The van der Waals surface area contributed by atoms with Crippen LogP contribution in [0.4, 0.5) is 5.69 Å². The average molecular weight is 217 g/mol. The first-order valence-electron chi connectivity index (χ1n) is 3.18. The molecule has 0 aliphatic heterocycles. The van der Waals surface area contributed by atoms with Crippen LogP contribution in [0.3, 0.4) is 0 Å². The first-order chi connectivity index (χ1) is 5.04. The summed E-state index contributed by atoms with van der Waals surface area (Å²) in [7, 11) is 0. The van der Waals surface area contributed by atoms with Crippen LogP contribution in [-0.2, 0) is 0 Å². The van der Waals surface area contributed by atoms with Crippen molar-refractivity contribution in [3.63, 3.8) is 0 Å². The Morgan fingerprint density at radius 3 is 2.55 bits per heavy atom. The molecule has 0 aromatic carbocycles. The Morgan fingerprint density at radius 1 is 1.45 bits per heavy atom. The number of anilines is 1. The van der Waals surface area contributed by atoms with Gasteiger partial charge in [-0.05, 0) is 35.3 Å². The third-order valence-corrected chi connectivity index (χ3v) is 2.80. The van der Waals surface area contributed by atoms with Crippen LogP contribution < -0.4 is 11.3 Å². The van der Waals surface area contributed by atoms with Gasteiger partial charge in [-0.3, -0.25) is 4.79 Å². The van der Waals surface area contributed by atoms with E-state index in [1.165, 1.54) is 0 Å². The number of aryl methyl sites for hydroxylation is 1. The summed E-state index contributed by atoms with van der Waals surface area (Å²) >= 11 is 3.31. The van der Waals surface area contributed by atoms with Crippen molar-refractivity contribution in [1.29, 1.82) is 0 Å². The van der Waals surface area contributed by atoms with Gasteiger partial charge in [0.05, 0.1) is 0 Å². The Kier molecular flexibility index (Phi) is 2.04. The zero-order chi connectivity index (χ0) is 8.59. The van der Waals surface area contributed by atoms with E-state index in [0.717, 1.165) is 15.7 Å². The van der Waals surface area contributed by atoms with Gasteiger partial charge in [0.1, 0.15) is 5.69 Å². The van der Waals surface area contributed by atoms with Crippen LogP contribution in [0.2, 0.25) is 0 Å². The smallest absolute Gasteiger partial charge is 0.271 e. The monoisotopic (exact) mass is 216 g/mol. The number of aromatic nitrogens is 1. The van der Waals surface area contributed by atoms with E-state index in [1.807, 2.05) is 13.8 Å². The maximum atomic E-state index is 11.0. The minimum Gasteiger partial charge on any atom is -0.394 e. The largest absolute Gasteiger partial charge is 0.394 e. The Labute approximate surface area is 72.7 Å². The summed E-state index contributed by atoms with van der Waals surface area (Å²) in [6.45, 7) is 3.62. The fourth-order valence-electron chi connectivity index (χ4n) is 0.862. The average Bonchev–Trinajstić information content (AvgIpc) is 1.97. The van der Waals surface area contributed by atoms with Crippen molar-refractivity contribution < 1.29 is 0 Å². The lowest BCUT2D eigenvalue weighted by Crippen LogP contribution is -2.15. The summed E-state index contributed by atoms with van der Waals surface area (Å²) < 4.78 is 0.870. The van der Waals surface area contributed by atoms with Crippen LogP contribution in [0.15, 0.2) is 9.27 Å². The van der Waals surface area contributed by atoms with Gasteiger partial charge in [0.2, 0.25) is 0 Å². The topological polar surface area (TPSA) is 58.9 Å². The molecule has 0 saturated carbocycles. The van der Waals surface area contributed by atoms with E-state index in [-0.39, 0.29) is 11.2 Å². The lowest BCUT2D eigenvalue weighted by Gasteiger charge is -2.03. The SMILES string of the molecule is Cc1[nH]c(=O)c(N)c(C)c1Br. The molecule has 0 aliphatic carbocycles. The number of H-pyrrole nitrogens is 1. The van der Waals surface area contributed by atoms with Gasteiger partial charge in [0.25, 0.3) is 5.56 Å². The second-order valence-corrected chi connectivity index (χ2v) is 3.22. The lowest BCUT2D eigenvalue weighted by molar-refractivity contribution is 1.11. The predicted molar refractivity (Wildman–Crippen MR) is 48.6 cm³/mol. The highest BCUT2D eigenvalue weighted by atomic mass is 79.9.